The topological polar surface area (TPSA) is 59.1 Å². The van der Waals surface area contributed by atoms with E-state index in [1.165, 1.54) is 0 Å². The predicted octanol–water partition coefficient (Wildman–Crippen LogP) is 1.66. The third-order valence-corrected chi connectivity index (χ3v) is 3.74. The minimum absolute atomic E-state index is 0.0381. The summed E-state index contributed by atoms with van der Waals surface area (Å²) in [4.78, 5) is 4.13. The summed E-state index contributed by atoms with van der Waals surface area (Å²) in [6, 6.07) is 1.78. The first-order chi connectivity index (χ1) is 10.1. The number of aromatic nitrogens is 1. The number of nitrogens with one attached hydrogen (secondary N) is 1. The molecule has 1 aromatic rings. The van der Waals surface area contributed by atoms with Crippen LogP contribution in [0.5, 0.6) is 5.75 Å². The van der Waals surface area contributed by atoms with Gasteiger partial charge in [-0.1, -0.05) is 11.6 Å². The molecule has 0 radical (unpaired) electrons. The molecule has 2 aliphatic rings. The van der Waals surface area contributed by atoms with Crippen molar-refractivity contribution in [2.75, 3.05) is 20.8 Å². The first-order valence-electron chi connectivity index (χ1n) is 6.82. The van der Waals surface area contributed by atoms with Crippen molar-refractivity contribution in [3.8, 4) is 5.75 Å². The van der Waals surface area contributed by atoms with Gasteiger partial charge in [-0.2, -0.15) is 0 Å². The molecule has 6 nitrogen and oxygen atoms in total. The fourth-order valence-corrected chi connectivity index (χ4v) is 2.64. The highest BCUT2D eigenvalue weighted by Crippen LogP contribution is 2.35. The monoisotopic (exact) mass is 311 g/mol. The molecule has 0 bridgehead atoms. The predicted molar refractivity (Wildman–Crippen MR) is 78.7 cm³/mol. The Morgan fingerprint density at radius 2 is 2.33 bits per heavy atom. The van der Waals surface area contributed by atoms with Gasteiger partial charge in [0.2, 0.25) is 0 Å². The zero-order valence-corrected chi connectivity index (χ0v) is 12.9. The molecule has 1 saturated heterocycles. The lowest BCUT2D eigenvalue weighted by Crippen LogP contribution is -2.37. The molecule has 21 heavy (non-hydrogen) atoms. The summed E-state index contributed by atoms with van der Waals surface area (Å²) in [6.45, 7) is 2.60. The zero-order chi connectivity index (χ0) is 15.0. The molecule has 3 heterocycles. The van der Waals surface area contributed by atoms with Gasteiger partial charge in [-0.05, 0) is 13.0 Å². The Morgan fingerprint density at radius 1 is 1.52 bits per heavy atom. The van der Waals surface area contributed by atoms with Crippen LogP contribution in [0.4, 0.5) is 0 Å². The van der Waals surface area contributed by atoms with Crippen molar-refractivity contribution in [3.05, 3.63) is 29.1 Å². The molecular formula is C14H18ClN3O3. The fourth-order valence-electron chi connectivity index (χ4n) is 2.49. The maximum Gasteiger partial charge on any atom is 0.186 e. The lowest BCUT2D eigenvalue weighted by atomic mass is 10.1. The van der Waals surface area contributed by atoms with Crippen LogP contribution in [0, 0.1) is 0 Å². The van der Waals surface area contributed by atoms with Crippen LogP contribution in [-0.4, -0.2) is 49.2 Å². The summed E-state index contributed by atoms with van der Waals surface area (Å²) >= 11 is 5.91. The van der Waals surface area contributed by atoms with Gasteiger partial charge in [-0.15, -0.1) is 0 Å². The summed E-state index contributed by atoms with van der Waals surface area (Å²) in [5.41, 5.74) is 5.20. The lowest BCUT2D eigenvalue weighted by Gasteiger charge is -2.19. The largest absolute Gasteiger partial charge is 0.496 e. The second-order valence-corrected chi connectivity index (χ2v) is 5.28. The molecular weight excluding hydrogens is 294 g/mol. The number of hydrogen-bond donors (Lipinski definition) is 1. The van der Waals surface area contributed by atoms with E-state index in [2.05, 4.69) is 16.5 Å². The second-order valence-electron chi connectivity index (χ2n) is 4.90. The van der Waals surface area contributed by atoms with Gasteiger partial charge in [0.15, 0.2) is 6.29 Å². The average molecular weight is 312 g/mol. The SMILES string of the molecule is CCOC1OC1C1C=C(c2cnc(Cl)cc2OC)N(C)N1. The van der Waals surface area contributed by atoms with E-state index in [1.54, 1.807) is 19.4 Å². The molecule has 3 atom stereocenters. The number of hydrazine groups is 1. The maximum absolute atomic E-state index is 5.91. The second kappa shape index (κ2) is 5.81. The smallest absolute Gasteiger partial charge is 0.186 e. The minimum Gasteiger partial charge on any atom is -0.496 e. The quantitative estimate of drug-likeness (QED) is 0.659. The minimum atomic E-state index is -0.123. The summed E-state index contributed by atoms with van der Waals surface area (Å²) in [5, 5.41) is 2.34. The molecule has 0 amide bonds. The molecule has 0 saturated carbocycles. The molecule has 3 unspecified atom stereocenters. The highest BCUT2D eigenvalue weighted by atomic mass is 35.5. The first-order valence-corrected chi connectivity index (χ1v) is 7.20. The van der Waals surface area contributed by atoms with E-state index in [-0.39, 0.29) is 18.4 Å². The van der Waals surface area contributed by atoms with Crippen LogP contribution < -0.4 is 10.2 Å². The number of hydrogen-bond acceptors (Lipinski definition) is 6. The summed E-state index contributed by atoms with van der Waals surface area (Å²) in [7, 11) is 3.56. The fraction of sp³-hybridized carbons (Fsp3) is 0.500. The van der Waals surface area contributed by atoms with E-state index in [4.69, 9.17) is 25.8 Å². The molecule has 0 aliphatic carbocycles. The Kier molecular flexibility index (Phi) is 4.03. The van der Waals surface area contributed by atoms with Crippen molar-refractivity contribution in [1.29, 1.82) is 0 Å². The van der Waals surface area contributed by atoms with E-state index >= 15 is 0 Å². The Morgan fingerprint density at radius 3 is 3.05 bits per heavy atom. The van der Waals surface area contributed by atoms with Gasteiger partial charge in [0.1, 0.15) is 17.0 Å². The van der Waals surface area contributed by atoms with Crippen molar-refractivity contribution < 1.29 is 14.2 Å². The molecule has 1 aromatic heterocycles. The van der Waals surface area contributed by atoms with Crippen LogP contribution in [0.25, 0.3) is 5.70 Å². The summed E-state index contributed by atoms with van der Waals surface area (Å²) in [5.74, 6) is 0.689. The van der Waals surface area contributed by atoms with Crippen LogP contribution in [-0.2, 0) is 9.47 Å². The van der Waals surface area contributed by atoms with Crippen molar-refractivity contribution in [2.45, 2.75) is 25.4 Å². The number of rotatable bonds is 5. The third kappa shape index (κ3) is 2.85. The van der Waals surface area contributed by atoms with Gasteiger partial charge in [-0.25, -0.2) is 10.4 Å². The van der Waals surface area contributed by atoms with Gasteiger partial charge in [0.05, 0.1) is 24.4 Å². The van der Waals surface area contributed by atoms with Crippen LogP contribution in [0.2, 0.25) is 5.15 Å². The molecule has 0 spiro atoms. The van der Waals surface area contributed by atoms with E-state index < -0.39 is 0 Å². The van der Waals surface area contributed by atoms with E-state index in [0.29, 0.717) is 17.5 Å². The van der Waals surface area contributed by atoms with Gasteiger partial charge >= 0.3 is 0 Å². The number of epoxide rings is 1. The highest BCUT2D eigenvalue weighted by molar-refractivity contribution is 6.29. The average Bonchev–Trinajstić information content (AvgIpc) is 3.13. The van der Waals surface area contributed by atoms with Gasteiger partial charge in [-0.3, -0.25) is 0 Å². The maximum atomic E-state index is 5.91. The normalized spacial score (nSPS) is 27.7. The van der Waals surface area contributed by atoms with E-state index in [0.717, 1.165) is 11.3 Å². The highest BCUT2D eigenvalue weighted by Gasteiger charge is 2.47. The third-order valence-electron chi connectivity index (χ3n) is 3.54. The molecule has 0 aromatic carbocycles. The molecule has 2 aliphatic heterocycles. The van der Waals surface area contributed by atoms with Crippen LogP contribution >= 0.6 is 11.6 Å². The summed E-state index contributed by atoms with van der Waals surface area (Å²) in [6.07, 6.45) is 3.72. The van der Waals surface area contributed by atoms with Gasteiger partial charge in [0, 0.05) is 25.9 Å². The molecule has 7 heteroatoms. The van der Waals surface area contributed by atoms with E-state index in [9.17, 15) is 0 Å². The van der Waals surface area contributed by atoms with Crippen LogP contribution in [0.1, 0.15) is 12.5 Å². The molecule has 1 N–H and O–H groups in total. The Balaban J connectivity index is 1.82. The van der Waals surface area contributed by atoms with Crippen molar-refractivity contribution >= 4 is 17.3 Å². The number of nitrogens with zero attached hydrogens (tertiary/aromatic N) is 2. The number of pyridine rings is 1. The molecule has 3 rings (SSSR count). The van der Waals surface area contributed by atoms with Crippen LogP contribution in [0.3, 0.4) is 0 Å². The molecule has 1 fully saturated rings. The van der Waals surface area contributed by atoms with Gasteiger partial charge < -0.3 is 19.2 Å². The van der Waals surface area contributed by atoms with Crippen LogP contribution in [0.15, 0.2) is 18.3 Å². The van der Waals surface area contributed by atoms with Crippen molar-refractivity contribution in [3.63, 3.8) is 0 Å². The Hall–Kier alpha value is -1.34. The first kappa shape index (κ1) is 14.6. The zero-order valence-electron chi connectivity index (χ0n) is 12.2. The Labute approximate surface area is 128 Å². The van der Waals surface area contributed by atoms with Gasteiger partial charge in [0.25, 0.3) is 0 Å². The van der Waals surface area contributed by atoms with E-state index in [1.807, 2.05) is 19.0 Å². The Bertz CT molecular complexity index is 566. The molecule has 114 valence electrons. The number of methoxy groups -OCH3 is 1. The number of halogens is 1. The standard InChI is InChI=1S/C14H18ClN3O3/c1-4-20-14-13(21-14)9-5-10(18(2)17-9)8-7-16-12(15)6-11(8)19-3/h5-7,9,13-14,17H,4H2,1-3H3. The van der Waals surface area contributed by atoms with Crippen molar-refractivity contribution in [1.82, 2.24) is 15.4 Å². The summed E-state index contributed by atoms with van der Waals surface area (Å²) < 4.78 is 16.4. The lowest BCUT2D eigenvalue weighted by molar-refractivity contribution is 0.0593. The van der Waals surface area contributed by atoms with Crippen molar-refractivity contribution in [2.24, 2.45) is 0 Å². The number of ether oxygens (including phenoxy) is 3.